The maximum absolute atomic E-state index is 12.1. The highest BCUT2D eigenvalue weighted by atomic mass is 32.2. The summed E-state index contributed by atoms with van der Waals surface area (Å²) < 4.78 is 27.9. The molecule has 0 saturated carbocycles. The van der Waals surface area contributed by atoms with E-state index in [9.17, 15) is 8.42 Å². The molecule has 0 aliphatic heterocycles. The minimum atomic E-state index is -3.43. The summed E-state index contributed by atoms with van der Waals surface area (Å²) in [4.78, 5) is 8.87. The third kappa shape index (κ3) is 2.46. The van der Waals surface area contributed by atoms with Crippen molar-refractivity contribution in [2.75, 3.05) is 6.26 Å². The molecule has 122 valence electrons. The molecule has 0 radical (unpaired) electrons. The SMILES string of the molecule is Cc1ccc2nc(Cn3c(S(C)(=O)=O)nc4ccccc43)cn2c1. The summed E-state index contributed by atoms with van der Waals surface area (Å²) in [6, 6.07) is 11.4. The van der Waals surface area contributed by atoms with E-state index in [1.807, 2.05) is 60.1 Å². The summed E-state index contributed by atoms with van der Waals surface area (Å²) in [5.41, 5.74) is 4.20. The lowest BCUT2D eigenvalue weighted by Gasteiger charge is -2.05. The summed E-state index contributed by atoms with van der Waals surface area (Å²) in [5.74, 6) is 0. The average Bonchev–Trinajstić information content (AvgIpc) is 3.08. The first-order chi connectivity index (χ1) is 11.4. The first-order valence-electron chi connectivity index (χ1n) is 7.51. The zero-order chi connectivity index (χ0) is 16.9. The Bertz CT molecular complexity index is 1170. The summed E-state index contributed by atoms with van der Waals surface area (Å²) in [5, 5.41) is 0.0666. The Labute approximate surface area is 139 Å². The molecule has 3 heterocycles. The third-order valence-corrected chi connectivity index (χ3v) is 4.90. The molecule has 1 aromatic carbocycles. The lowest BCUT2D eigenvalue weighted by atomic mass is 10.3. The second-order valence-electron chi connectivity index (χ2n) is 5.95. The van der Waals surface area contributed by atoms with Crippen molar-refractivity contribution in [2.45, 2.75) is 18.6 Å². The van der Waals surface area contributed by atoms with Gasteiger partial charge in [0, 0.05) is 18.6 Å². The number of rotatable bonds is 3. The van der Waals surface area contributed by atoms with Crippen LogP contribution in [0.4, 0.5) is 0 Å². The van der Waals surface area contributed by atoms with E-state index in [0.717, 1.165) is 22.4 Å². The van der Waals surface area contributed by atoms with Crippen LogP contribution in [-0.2, 0) is 16.4 Å². The lowest BCUT2D eigenvalue weighted by molar-refractivity contribution is 0.580. The van der Waals surface area contributed by atoms with Crippen LogP contribution in [0.3, 0.4) is 0 Å². The Morgan fingerprint density at radius 2 is 1.83 bits per heavy atom. The maximum Gasteiger partial charge on any atom is 0.228 e. The zero-order valence-corrected chi connectivity index (χ0v) is 14.2. The van der Waals surface area contributed by atoms with Crippen LogP contribution in [0, 0.1) is 6.92 Å². The Kier molecular flexibility index (Phi) is 3.21. The van der Waals surface area contributed by atoms with Gasteiger partial charge in [0.25, 0.3) is 0 Å². The van der Waals surface area contributed by atoms with Crippen LogP contribution in [0.1, 0.15) is 11.3 Å². The van der Waals surface area contributed by atoms with E-state index < -0.39 is 9.84 Å². The van der Waals surface area contributed by atoms with Gasteiger partial charge in [-0.05, 0) is 30.7 Å². The van der Waals surface area contributed by atoms with E-state index in [4.69, 9.17) is 0 Å². The topological polar surface area (TPSA) is 69.3 Å². The van der Waals surface area contributed by atoms with Gasteiger partial charge in [0.05, 0.1) is 23.3 Å². The third-order valence-electron chi connectivity index (χ3n) is 3.92. The molecule has 3 aromatic heterocycles. The second-order valence-corrected chi connectivity index (χ2v) is 7.86. The van der Waals surface area contributed by atoms with Crippen LogP contribution in [0.15, 0.2) is 53.9 Å². The molecule has 7 heteroatoms. The summed E-state index contributed by atoms with van der Waals surface area (Å²) in [6.07, 6.45) is 5.09. The minimum absolute atomic E-state index is 0.0666. The molecule has 4 aromatic rings. The molecule has 0 atom stereocenters. The number of pyridine rings is 1. The van der Waals surface area contributed by atoms with Gasteiger partial charge in [-0.2, -0.15) is 0 Å². The molecule has 4 rings (SSSR count). The molecular formula is C17H16N4O2S. The summed E-state index contributed by atoms with van der Waals surface area (Å²) in [6.45, 7) is 2.37. The van der Waals surface area contributed by atoms with Crippen LogP contribution in [0.2, 0.25) is 0 Å². The van der Waals surface area contributed by atoms with E-state index in [1.54, 1.807) is 4.57 Å². The monoisotopic (exact) mass is 340 g/mol. The molecule has 0 bridgehead atoms. The number of hydrogen-bond acceptors (Lipinski definition) is 4. The van der Waals surface area contributed by atoms with E-state index >= 15 is 0 Å². The van der Waals surface area contributed by atoms with Gasteiger partial charge in [-0.15, -0.1) is 0 Å². The van der Waals surface area contributed by atoms with Crippen LogP contribution in [0.25, 0.3) is 16.7 Å². The van der Waals surface area contributed by atoms with Gasteiger partial charge in [0.15, 0.2) is 0 Å². The maximum atomic E-state index is 12.1. The largest absolute Gasteiger partial charge is 0.309 e. The standard InChI is InChI=1S/C17H16N4O2S/c1-12-7-8-16-18-13(10-20(16)9-12)11-21-15-6-4-3-5-14(15)19-17(21)24(2,22)23/h3-10H,11H2,1-2H3. The Balaban J connectivity index is 1.88. The Morgan fingerprint density at radius 1 is 1.04 bits per heavy atom. The lowest BCUT2D eigenvalue weighted by Crippen LogP contribution is -2.10. The highest BCUT2D eigenvalue weighted by molar-refractivity contribution is 7.90. The molecular weight excluding hydrogens is 324 g/mol. The highest BCUT2D eigenvalue weighted by Gasteiger charge is 2.20. The molecule has 0 amide bonds. The molecule has 0 fully saturated rings. The van der Waals surface area contributed by atoms with Crippen LogP contribution in [0.5, 0.6) is 0 Å². The van der Waals surface area contributed by atoms with E-state index in [-0.39, 0.29) is 5.16 Å². The fourth-order valence-electron chi connectivity index (χ4n) is 2.88. The summed E-state index contributed by atoms with van der Waals surface area (Å²) in [7, 11) is -3.43. The summed E-state index contributed by atoms with van der Waals surface area (Å²) >= 11 is 0. The van der Waals surface area contributed by atoms with Gasteiger partial charge in [-0.3, -0.25) is 0 Å². The van der Waals surface area contributed by atoms with Crippen molar-refractivity contribution in [3.05, 3.63) is 60.0 Å². The van der Waals surface area contributed by atoms with Gasteiger partial charge in [-0.1, -0.05) is 18.2 Å². The predicted octanol–water partition coefficient (Wildman–Crippen LogP) is 2.44. The quantitative estimate of drug-likeness (QED) is 0.574. The van der Waals surface area contributed by atoms with Crippen LogP contribution < -0.4 is 0 Å². The number of nitrogens with zero attached hydrogens (tertiary/aromatic N) is 4. The van der Waals surface area contributed by atoms with Gasteiger partial charge in [-0.25, -0.2) is 18.4 Å². The minimum Gasteiger partial charge on any atom is -0.309 e. The Morgan fingerprint density at radius 3 is 2.62 bits per heavy atom. The molecule has 24 heavy (non-hydrogen) atoms. The predicted molar refractivity (Wildman–Crippen MR) is 91.9 cm³/mol. The number of aromatic nitrogens is 4. The van der Waals surface area contributed by atoms with Gasteiger partial charge < -0.3 is 8.97 Å². The Hall–Kier alpha value is -2.67. The van der Waals surface area contributed by atoms with E-state index in [0.29, 0.717) is 12.1 Å². The van der Waals surface area contributed by atoms with Gasteiger partial charge >= 0.3 is 0 Å². The number of imidazole rings is 2. The van der Waals surface area contributed by atoms with Crippen LogP contribution in [-0.4, -0.2) is 33.6 Å². The number of fused-ring (bicyclic) bond motifs is 2. The van der Waals surface area contributed by atoms with Crippen molar-refractivity contribution in [3.8, 4) is 0 Å². The molecule has 0 aliphatic carbocycles. The highest BCUT2D eigenvalue weighted by Crippen LogP contribution is 2.21. The van der Waals surface area contributed by atoms with E-state index in [1.165, 1.54) is 6.26 Å². The number of sulfone groups is 1. The van der Waals surface area contributed by atoms with Crippen molar-refractivity contribution >= 4 is 26.5 Å². The smallest absolute Gasteiger partial charge is 0.228 e. The number of hydrogen-bond donors (Lipinski definition) is 0. The number of benzene rings is 1. The van der Waals surface area contributed by atoms with Crippen molar-refractivity contribution < 1.29 is 8.42 Å². The normalized spacial score (nSPS) is 12.2. The first kappa shape index (κ1) is 14.9. The van der Waals surface area contributed by atoms with Crippen molar-refractivity contribution in [1.29, 1.82) is 0 Å². The van der Waals surface area contributed by atoms with Gasteiger partial charge in [0.1, 0.15) is 5.65 Å². The molecule has 0 saturated heterocycles. The van der Waals surface area contributed by atoms with Crippen molar-refractivity contribution in [2.24, 2.45) is 0 Å². The first-order valence-corrected chi connectivity index (χ1v) is 9.40. The molecule has 0 N–H and O–H groups in total. The molecule has 0 spiro atoms. The molecule has 6 nitrogen and oxygen atoms in total. The zero-order valence-electron chi connectivity index (χ0n) is 13.3. The van der Waals surface area contributed by atoms with Crippen molar-refractivity contribution in [3.63, 3.8) is 0 Å². The average molecular weight is 340 g/mol. The number of para-hydroxylation sites is 2. The van der Waals surface area contributed by atoms with Gasteiger partial charge in [0.2, 0.25) is 15.0 Å². The van der Waals surface area contributed by atoms with E-state index in [2.05, 4.69) is 9.97 Å². The fourth-order valence-corrected chi connectivity index (χ4v) is 3.71. The number of aryl methyl sites for hydroxylation is 1. The van der Waals surface area contributed by atoms with Crippen molar-refractivity contribution in [1.82, 2.24) is 18.9 Å². The molecule has 0 aliphatic rings. The molecule has 0 unspecified atom stereocenters. The second kappa shape index (κ2) is 5.17. The van der Waals surface area contributed by atoms with Crippen LogP contribution >= 0.6 is 0 Å². The fraction of sp³-hybridized carbons (Fsp3) is 0.176.